The molecule has 0 aliphatic carbocycles. The first-order valence-electron chi connectivity index (χ1n) is 9.09. The molecule has 138 valence electrons. The van der Waals surface area contributed by atoms with Gasteiger partial charge in [-0.25, -0.2) is 4.79 Å². The zero-order valence-corrected chi connectivity index (χ0v) is 15.4. The standard InChI is InChI=1S/C22H21NO4/c1-3-14-8-10-15(11-9-14)23-18-13-27-22(25)21(18)17(12-20(23)24)16-6-4-5-7-19(16)26-2/h4-11,17H,3,12-13H2,1-2H3/t17-/m0/s1. The molecule has 0 saturated carbocycles. The van der Waals surface area contributed by atoms with Crippen LogP contribution >= 0.6 is 0 Å². The number of esters is 1. The van der Waals surface area contributed by atoms with Crippen molar-refractivity contribution in [1.29, 1.82) is 0 Å². The number of amides is 1. The third-order valence-electron chi connectivity index (χ3n) is 5.23. The Bertz CT molecular complexity index is 930. The highest BCUT2D eigenvalue weighted by atomic mass is 16.5. The predicted octanol–water partition coefficient (Wildman–Crippen LogP) is 3.59. The summed E-state index contributed by atoms with van der Waals surface area (Å²) in [4.78, 5) is 27.2. The van der Waals surface area contributed by atoms with Crippen LogP contribution in [0.3, 0.4) is 0 Å². The van der Waals surface area contributed by atoms with Gasteiger partial charge in [-0.05, 0) is 30.2 Å². The molecule has 1 amide bonds. The van der Waals surface area contributed by atoms with Crippen molar-refractivity contribution in [3.63, 3.8) is 0 Å². The van der Waals surface area contributed by atoms with Crippen molar-refractivity contribution in [2.24, 2.45) is 0 Å². The number of carbonyl (C=O) groups is 2. The summed E-state index contributed by atoms with van der Waals surface area (Å²) in [5.41, 5.74) is 3.99. The number of benzene rings is 2. The van der Waals surface area contributed by atoms with Crippen LogP contribution in [0.1, 0.15) is 30.4 Å². The van der Waals surface area contributed by atoms with Crippen molar-refractivity contribution >= 4 is 17.6 Å². The zero-order chi connectivity index (χ0) is 19.0. The summed E-state index contributed by atoms with van der Waals surface area (Å²) in [5.74, 6) is -0.0943. The summed E-state index contributed by atoms with van der Waals surface area (Å²) in [7, 11) is 1.59. The number of nitrogens with zero attached hydrogens (tertiary/aromatic N) is 1. The maximum absolute atomic E-state index is 13.1. The van der Waals surface area contributed by atoms with Crippen LogP contribution in [-0.2, 0) is 20.7 Å². The number of hydrogen-bond donors (Lipinski definition) is 0. The first-order valence-corrected chi connectivity index (χ1v) is 9.09. The van der Waals surface area contributed by atoms with Gasteiger partial charge in [-0.15, -0.1) is 0 Å². The molecule has 0 saturated heterocycles. The highest BCUT2D eigenvalue weighted by molar-refractivity contribution is 6.06. The Morgan fingerprint density at radius 3 is 2.56 bits per heavy atom. The van der Waals surface area contributed by atoms with Crippen molar-refractivity contribution in [2.75, 3.05) is 18.6 Å². The van der Waals surface area contributed by atoms with Crippen molar-refractivity contribution in [1.82, 2.24) is 0 Å². The third-order valence-corrected chi connectivity index (χ3v) is 5.23. The fourth-order valence-corrected chi connectivity index (χ4v) is 3.85. The van der Waals surface area contributed by atoms with Gasteiger partial charge >= 0.3 is 5.97 Å². The second-order valence-electron chi connectivity index (χ2n) is 6.68. The second-order valence-corrected chi connectivity index (χ2v) is 6.68. The molecule has 0 fully saturated rings. The first-order chi connectivity index (χ1) is 13.1. The molecule has 27 heavy (non-hydrogen) atoms. The molecule has 2 aromatic carbocycles. The molecule has 0 bridgehead atoms. The average Bonchev–Trinajstić information content (AvgIpc) is 3.09. The highest BCUT2D eigenvalue weighted by Crippen LogP contribution is 2.44. The van der Waals surface area contributed by atoms with Crippen LogP contribution in [0.15, 0.2) is 59.8 Å². The zero-order valence-electron chi connectivity index (χ0n) is 15.4. The molecule has 5 nitrogen and oxygen atoms in total. The number of cyclic esters (lactones) is 1. The maximum atomic E-state index is 13.1. The Hall–Kier alpha value is -3.08. The molecule has 2 aliphatic heterocycles. The number of anilines is 1. The minimum atomic E-state index is -0.358. The lowest BCUT2D eigenvalue weighted by Gasteiger charge is -2.32. The summed E-state index contributed by atoms with van der Waals surface area (Å²) in [5, 5.41) is 0. The fourth-order valence-electron chi connectivity index (χ4n) is 3.85. The quantitative estimate of drug-likeness (QED) is 0.779. The van der Waals surface area contributed by atoms with Crippen LogP contribution in [-0.4, -0.2) is 25.6 Å². The van der Waals surface area contributed by atoms with Gasteiger partial charge in [0, 0.05) is 23.6 Å². The Morgan fingerprint density at radius 1 is 1.11 bits per heavy atom. The molecule has 4 rings (SSSR count). The largest absolute Gasteiger partial charge is 0.496 e. The van der Waals surface area contributed by atoms with E-state index in [1.165, 1.54) is 5.56 Å². The van der Waals surface area contributed by atoms with Gasteiger partial charge in [-0.3, -0.25) is 9.69 Å². The van der Waals surface area contributed by atoms with E-state index in [1.807, 2.05) is 48.5 Å². The minimum absolute atomic E-state index is 0.0489. The molecule has 0 unspecified atom stereocenters. The smallest absolute Gasteiger partial charge is 0.336 e. The van der Waals surface area contributed by atoms with Crippen molar-refractivity contribution in [3.8, 4) is 5.75 Å². The van der Waals surface area contributed by atoms with Crippen molar-refractivity contribution in [2.45, 2.75) is 25.7 Å². The van der Waals surface area contributed by atoms with Crippen molar-refractivity contribution < 1.29 is 19.1 Å². The molecule has 5 heteroatoms. The topological polar surface area (TPSA) is 55.8 Å². The maximum Gasteiger partial charge on any atom is 0.336 e. The molecule has 2 aromatic rings. The molecule has 0 aromatic heterocycles. The van der Waals surface area contributed by atoms with Gasteiger partial charge in [0.2, 0.25) is 5.91 Å². The number of ether oxygens (including phenoxy) is 2. The Morgan fingerprint density at radius 2 is 1.85 bits per heavy atom. The van der Waals surface area contributed by atoms with E-state index in [4.69, 9.17) is 9.47 Å². The summed E-state index contributed by atoms with van der Waals surface area (Å²) in [6, 6.07) is 15.4. The number of para-hydroxylation sites is 1. The summed E-state index contributed by atoms with van der Waals surface area (Å²) in [6.45, 7) is 2.20. The monoisotopic (exact) mass is 363 g/mol. The number of aryl methyl sites for hydroxylation is 1. The molecule has 2 aliphatic rings. The number of hydrogen-bond acceptors (Lipinski definition) is 4. The van der Waals surface area contributed by atoms with Crippen LogP contribution < -0.4 is 9.64 Å². The molecule has 0 radical (unpaired) electrons. The van der Waals surface area contributed by atoms with E-state index >= 15 is 0 Å². The summed E-state index contributed by atoms with van der Waals surface area (Å²) >= 11 is 0. The van der Waals surface area contributed by atoms with Gasteiger partial charge in [0.15, 0.2) is 0 Å². The lowest BCUT2D eigenvalue weighted by molar-refractivity contribution is -0.136. The number of rotatable bonds is 4. The SMILES string of the molecule is CCc1ccc(N2C(=O)C[C@@H](c3ccccc3OC)C3=C2COC3=O)cc1. The molecule has 2 heterocycles. The molecular formula is C22H21NO4. The summed E-state index contributed by atoms with van der Waals surface area (Å²) in [6.07, 6.45) is 1.13. The van der Waals surface area contributed by atoms with Gasteiger partial charge in [-0.1, -0.05) is 37.3 Å². The van der Waals surface area contributed by atoms with E-state index in [1.54, 1.807) is 12.0 Å². The van der Waals surface area contributed by atoms with Crippen molar-refractivity contribution in [3.05, 3.63) is 70.9 Å². The Kier molecular flexibility index (Phi) is 4.44. The average molecular weight is 363 g/mol. The predicted molar refractivity (Wildman–Crippen MR) is 102 cm³/mol. The number of carbonyl (C=O) groups excluding carboxylic acids is 2. The fraction of sp³-hybridized carbons (Fsp3) is 0.273. The van der Waals surface area contributed by atoms with E-state index in [2.05, 4.69) is 6.92 Å². The van der Waals surface area contributed by atoms with E-state index in [0.717, 1.165) is 17.7 Å². The van der Waals surface area contributed by atoms with Gasteiger partial charge in [-0.2, -0.15) is 0 Å². The lowest BCUT2D eigenvalue weighted by atomic mass is 9.83. The van der Waals surface area contributed by atoms with Crippen LogP contribution in [0.4, 0.5) is 5.69 Å². The van der Waals surface area contributed by atoms with E-state index in [9.17, 15) is 9.59 Å². The van der Waals surface area contributed by atoms with Crippen LogP contribution in [0.25, 0.3) is 0 Å². The lowest BCUT2D eigenvalue weighted by Crippen LogP contribution is -2.37. The van der Waals surface area contributed by atoms with Gasteiger partial charge < -0.3 is 9.47 Å². The molecule has 0 N–H and O–H groups in total. The van der Waals surface area contributed by atoms with E-state index in [0.29, 0.717) is 17.0 Å². The minimum Gasteiger partial charge on any atom is -0.496 e. The molecule has 0 spiro atoms. The molecule has 1 atom stereocenters. The van der Waals surface area contributed by atoms with Gasteiger partial charge in [0.1, 0.15) is 12.4 Å². The Balaban J connectivity index is 1.81. The van der Waals surface area contributed by atoms with Gasteiger partial charge in [0.25, 0.3) is 0 Å². The van der Waals surface area contributed by atoms with Crippen LogP contribution in [0.5, 0.6) is 5.75 Å². The first kappa shape index (κ1) is 17.3. The third kappa shape index (κ3) is 2.89. The van der Waals surface area contributed by atoms with Crippen LogP contribution in [0.2, 0.25) is 0 Å². The second kappa shape index (κ2) is 6.91. The Labute approximate surface area is 158 Å². The summed E-state index contributed by atoms with van der Waals surface area (Å²) < 4.78 is 10.8. The van der Waals surface area contributed by atoms with E-state index < -0.39 is 0 Å². The van der Waals surface area contributed by atoms with Gasteiger partial charge in [0.05, 0.1) is 18.4 Å². The van der Waals surface area contributed by atoms with Crippen LogP contribution in [0, 0.1) is 0 Å². The number of methoxy groups -OCH3 is 1. The highest BCUT2D eigenvalue weighted by Gasteiger charge is 2.43. The molecular weight excluding hydrogens is 342 g/mol. The normalized spacial score (nSPS) is 19.2. The van der Waals surface area contributed by atoms with E-state index in [-0.39, 0.29) is 30.8 Å².